The number of hydrogen-bond donors (Lipinski definition) is 2. The third kappa shape index (κ3) is 2.12. The second-order valence-electron chi connectivity index (χ2n) is 4.52. The summed E-state index contributed by atoms with van der Waals surface area (Å²) >= 11 is 5.34. The lowest BCUT2D eigenvalue weighted by Gasteiger charge is -2.09. The molecule has 2 aromatic carbocycles. The molecule has 1 aromatic heterocycles. The van der Waals surface area contributed by atoms with Crippen molar-refractivity contribution in [1.82, 2.24) is 14.8 Å². The Kier molecular flexibility index (Phi) is 3.12. The van der Waals surface area contributed by atoms with Crippen molar-refractivity contribution in [2.24, 2.45) is 0 Å². The van der Waals surface area contributed by atoms with E-state index in [9.17, 15) is 5.11 Å². The van der Waals surface area contributed by atoms with Crippen LogP contribution in [0.1, 0.15) is 5.56 Å². The summed E-state index contributed by atoms with van der Waals surface area (Å²) in [5, 5.41) is 16.5. The molecule has 0 bridgehead atoms. The molecule has 3 rings (SSSR count). The van der Waals surface area contributed by atoms with Crippen LogP contribution < -0.4 is 0 Å². The number of nitrogens with one attached hydrogen (secondary N) is 1. The van der Waals surface area contributed by atoms with E-state index in [1.807, 2.05) is 47.9 Å². The third-order valence-corrected chi connectivity index (χ3v) is 3.43. The lowest BCUT2D eigenvalue weighted by Crippen LogP contribution is -1.99. The lowest BCUT2D eigenvalue weighted by atomic mass is 10.1. The predicted octanol–water partition coefficient (Wildman–Crippen LogP) is 3.61. The first-order chi connectivity index (χ1) is 9.66. The number of phenolic OH excluding ortho intramolecular Hbond substituents is 1. The Bertz CT molecular complexity index is 802. The number of aromatic nitrogens is 3. The maximum Gasteiger partial charge on any atom is 0.200 e. The Hall–Kier alpha value is -2.40. The van der Waals surface area contributed by atoms with Crippen molar-refractivity contribution in [2.75, 3.05) is 0 Å². The molecule has 0 radical (unpaired) electrons. The predicted molar refractivity (Wildman–Crippen MR) is 80.6 cm³/mol. The highest BCUT2D eigenvalue weighted by atomic mass is 32.1. The first kappa shape index (κ1) is 12.6. The van der Waals surface area contributed by atoms with Crippen molar-refractivity contribution in [2.45, 2.75) is 6.92 Å². The Morgan fingerprint density at radius 3 is 2.50 bits per heavy atom. The maximum atomic E-state index is 9.38. The fourth-order valence-electron chi connectivity index (χ4n) is 2.14. The number of benzene rings is 2. The molecule has 5 heteroatoms. The van der Waals surface area contributed by atoms with Gasteiger partial charge in [0.1, 0.15) is 5.75 Å². The Labute approximate surface area is 121 Å². The van der Waals surface area contributed by atoms with Gasteiger partial charge in [-0.3, -0.25) is 9.67 Å². The molecule has 1 heterocycles. The van der Waals surface area contributed by atoms with Gasteiger partial charge in [-0.25, -0.2) is 0 Å². The Balaban J connectivity index is 2.23. The number of para-hydroxylation sites is 1. The largest absolute Gasteiger partial charge is 0.508 e. The van der Waals surface area contributed by atoms with Crippen molar-refractivity contribution in [1.29, 1.82) is 0 Å². The van der Waals surface area contributed by atoms with Crippen LogP contribution in [0.5, 0.6) is 5.75 Å². The highest BCUT2D eigenvalue weighted by molar-refractivity contribution is 7.71. The van der Waals surface area contributed by atoms with E-state index in [1.165, 1.54) is 0 Å². The highest BCUT2D eigenvalue weighted by Crippen LogP contribution is 2.24. The summed E-state index contributed by atoms with van der Waals surface area (Å²) in [5.74, 6) is 0.953. The van der Waals surface area contributed by atoms with Gasteiger partial charge in [0.05, 0.1) is 5.69 Å². The van der Waals surface area contributed by atoms with Crippen molar-refractivity contribution in [3.05, 3.63) is 58.9 Å². The second kappa shape index (κ2) is 4.94. The van der Waals surface area contributed by atoms with E-state index in [0.717, 1.165) is 22.6 Å². The molecule has 0 aliphatic rings. The van der Waals surface area contributed by atoms with E-state index in [4.69, 9.17) is 12.2 Å². The van der Waals surface area contributed by atoms with Crippen molar-refractivity contribution in [3.8, 4) is 22.8 Å². The molecule has 3 aromatic rings. The van der Waals surface area contributed by atoms with Crippen molar-refractivity contribution in [3.63, 3.8) is 0 Å². The number of aromatic amines is 1. The van der Waals surface area contributed by atoms with E-state index in [0.29, 0.717) is 4.77 Å². The molecule has 0 saturated heterocycles. The number of phenols is 1. The smallest absolute Gasteiger partial charge is 0.200 e. The average Bonchev–Trinajstić information content (AvgIpc) is 2.82. The average molecular weight is 283 g/mol. The number of aromatic hydroxyl groups is 1. The van der Waals surface area contributed by atoms with Gasteiger partial charge in [-0.15, -0.1) is 0 Å². The number of nitrogens with zero attached hydrogens (tertiary/aromatic N) is 2. The van der Waals surface area contributed by atoms with Crippen LogP contribution in [0.3, 0.4) is 0 Å². The molecule has 0 aliphatic carbocycles. The maximum absolute atomic E-state index is 9.38. The van der Waals surface area contributed by atoms with E-state index < -0.39 is 0 Å². The van der Waals surface area contributed by atoms with Gasteiger partial charge in [0.2, 0.25) is 0 Å². The second-order valence-corrected chi connectivity index (χ2v) is 4.91. The molecule has 0 unspecified atom stereocenters. The van der Waals surface area contributed by atoms with Gasteiger partial charge in [-0.2, -0.15) is 5.10 Å². The molecule has 0 aliphatic heterocycles. The lowest BCUT2D eigenvalue weighted by molar-refractivity contribution is 0.475. The SMILES string of the molecule is Cc1ccccc1-n1c(-c2ccc(O)cc2)n[nH]c1=S. The molecule has 0 spiro atoms. The summed E-state index contributed by atoms with van der Waals surface area (Å²) in [5.41, 5.74) is 3.00. The summed E-state index contributed by atoms with van der Waals surface area (Å²) in [6, 6.07) is 14.9. The standard InChI is InChI=1S/C15H13N3OS/c1-10-4-2-3-5-13(10)18-14(16-17-15(18)20)11-6-8-12(19)9-7-11/h2-9,19H,1H3,(H,17,20). The van der Waals surface area contributed by atoms with Crippen LogP contribution in [0.4, 0.5) is 0 Å². The Morgan fingerprint density at radius 2 is 1.80 bits per heavy atom. The first-order valence-electron chi connectivity index (χ1n) is 6.19. The fraction of sp³-hybridized carbons (Fsp3) is 0.0667. The molecular formula is C15H13N3OS. The van der Waals surface area contributed by atoms with Crippen molar-refractivity contribution >= 4 is 12.2 Å². The van der Waals surface area contributed by atoms with Gasteiger partial charge in [-0.05, 0) is 55.0 Å². The van der Waals surface area contributed by atoms with Crippen LogP contribution in [0.15, 0.2) is 48.5 Å². The summed E-state index contributed by atoms with van der Waals surface area (Å²) in [6.07, 6.45) is 0. The van der Waals surface area contributed by atoms with Crippen LogP contribution in [0.2, 0.25) is 0 Å². The minimum atomic E-state index is 0.227. The monoisotopic (exact) mass is 283 g/mol. The normalized spacial score (nSPS) is 10.7. The first-order valence-corrected chi connectivity index (χ1v) is 6.60. The Morgan fingerprint density at radius 1 is 1.10 bits per heavy atom. The minimum absolute atomic E-state index is 0.227. The van der Waals surface area contributed by atoms with E-state index in [-0.39, 0.29) is 5.75 Å². The van der Waals surface area contributed by atoms with Gasteiger partial charge in [0.15, 0.2) is 10.6 Å². The molecule has 4 nitrogen and oxygen atoms in total. The zero-order valence-corrected chi connectivity index (χ0v) is 11.7. The summed E-state index contributed by atoms with van der Waals surface area (Å²) in [7, 11) is 0. The van der Waals surface area contributed by atoms with Crippen LogP contribution in [-0.2, 0) is 0 Å². The van der Waals surface area contributed by atoms with Gasteiger partial charge < -0.3 is 5.11 Å². The summed E-state index contributed by atoms with van der Waals surface area (Å²) in [6.45, 7) is 2.03. The summed E-state index contributed by atoms with van der Waals surface area (Å²) in [4.78, 5) is 0. The topological polar surface area (TPSA) is 53.8 Å². The molecule has 0 saturated carbocycles. The van der Waals surface area contributed by atoms with Gasteiger partial charge >= 0.3 is 0 Å². The molecule has 2 N–H and O–H groups in total. The van der Waals surface area contributed by atoms with E-state index in [2.05, 4.69) is 10.2 Å². The van der Waals surface area contributed by atoms with Gasteiger partial charge in [-0.1, -0.05) is 18.2 Å². The summed E-state index contributed by atoms with van der Waals surface area (Å²) < 4.78 is 2.44. The van der Waals surface area contributed by atoms with E-state index in [1.54, 1.807) is 12.1 Å². The molecular weight excluding hydrogens is 270 g/mol. The molecule has 100 valence electrons. The molecule has 20 heavy (non-hydrogen) atoms. The quantitative estimate of drug-likeness (QED) is 0.706. The fourth-order valence-corrected chi connectivity index (χ4v) is 2.37. The van der Waals surface area contributed by atoms with E-state index >= 15 is 0 Å². The van der Waals surface area contributed by atoms with Gasteiger partial charge in [0.25, 0.3) is 0 Å². The highest BCUT2D eigenvalue weighted by Gasteiger charge is 2.11. The third-order valence-electron chi connectivity index (χ3n) is 3.15. The number of H-pyrrole nitrogens is 1. The zero-order chi connectivity index (χ0) is 14.1. The molecule has 0 atom stereocenters. The number of rotatable bonds is 2. The van der Waals surface area contributed by atoms with Crippen LogP contribution >= 0.6 is 12.2 Å². The van der Waals surface area contributed by atoms with Crippen molar-refractivity contribution < 1.29 is 5.11 Å². The molecule has 0 fully saturated rings. The number of hydrogen-bond acceptors (Lipinski definition) is 3. The number of aryl methyl sites for hydroxylation is 1. The zero-order valence-electron chi connectivity index (χ0n) is 10.9. The van der Waals surface area contributed by atoms with Crippen LogP contribution in [0.25, 0.3) is 17.1 Å². The van der Waals surface area contributed by atoms with Crippen LogP contribution in [-0.4, -0.2) is 19.9 Å². The molecule has 0 amide bonds. The van der Waals surface area contributed by atoms with Gasteiger partial charge in [0, 0.05) is 5.56 Å². The van der Waals surface area contributed by atoms with Crippen LogP contribution in [0, 0.1) is 11.7 Å². The minimum Gasteiger partial charge on any atom is -0.508 e.